The molecule has 11 rings (SSSR count). The molecule has 10 aromatic rings. The van der Waals surface area contributed by atoms with Gasteiger partial charge in [-0.15, -0.1) is 0 Å². The van der Waals surface area contributed by atoms with Gasteiger partial charge in [-0.25, -0.2) is 0 Å². The Labute approximate surface area is 345 Å². The van der Waals surface area contributed by atoms with Crippen molar-refractivity contribution in [2.24, 2.45) is 0 Å². The topological polar surface area (TPSA) is 6.48 Å². The van der Waals surface area contributed by atoms with Crippen LogP contribution in [0.15, 0.2) is 218 Å². The van der Waals surface area contributed by atoms with Crippen molar-refractivity contribution in [2.75, 3.05) is 9.80 Å². The van der Waals surface area contributed by atoms with Crippen LogP contribution in [-0.4, -0.2) is 0 Å². The molecule has 0 N–H and O–H groups in total. The highest BCUT2D eigenvalue weighted by Gasteiger charge is 2.35. The van der Waals surface area contributed by atoms with Gasteiger partial charge in [0.1, 0.15) is 0 Å². The highest BCUT2D eigenvalue weighted by atomic mass is 15.2. The lowest BCUT2D eigenvalue weighted by atomic mass is 9.82. The van der Waals surface area contributed by atoms with Crippen LogP contribution in [0.5, 0.6) is 0 Å². The molecule has 0 atom stereocenters. The van der Waals surface area contributed by atoms with Gasteiger partial charge in [-0.05, 0) is 104 Å². The van der Waals surface area contributed by atoms with Gasteiger partial charge in [0, 0.05) is 44.3 Å². The Morgan fingerprint density at radius 3 is 1.51 bits per heavy atom. The Kier molecular flexibility index (Phi) is 8.20. The van der Waals surface area contributed by atoms with Gasteiger partial charge < -0.3 is 9.80 Å². The molecule has 0 unspecified atom stereocenters. The zero-order valence-corrected chi connectivity index (χ0v) is 33.2. The molecule has 2 heteroatoms. The Hall–Kier alpha value is -7.42. The fraction of sp³-hybridized carbons (Fsp3) is 0.0526. The Balaban J connectivity index is 1.09. The third kappa shape index (κ3) is 5.63. The van der Waals surface area contributed by atoms with E-state index >= 15 is 0 Å². The number of rotatable bonds is 7. The van der Waals surface area contributed by atoms with E-state index in [1.807, 2.05) is 0 Å². The number of fused-ring (bicyclic) bond motifs is 6. The molecule has 10 aromatic carbocycles. The lowest BCUT2D eigenvalue weighted by Crippen LogP contribution is -2.16. The summed E-state index contributed by atoms with van der Waals surface area (Å²) in [6.07, 6.45) is 0. The van der Waals surface area contributed by atoms with Crippen molar-refractivity contribution in [1.82, 2.24) is 0 Å². The van der Waals surface area contributed by atoms with E-state index in [1.165, 1.54) is 71.4 Å². The van der Waals surface area contributed by atoms with Crippen molar-refractivity contribution < 1.29 is 0 Å². The largest absolute Gasteiger partial charge is 0.310 e. The molecule has 0 amide bonds. The summed E-state index contributed by atoms with van der Waals surface area (Å²) in [5.74, 6) is 0. The Morgan fingerprint density at radius 1 is 0.339 bits per heavy atom. The minimum absolute atomic E-state index is 0.0911. The maximum atomic E-state index is 2.47. The van der Waals surface area contributed by atoms with Crippen LogP contribution in [0.4, 0.5) is 34.1 Å². The van der Waals surface area contributed by atoms with E-state index in [1.54, 1.807) is 0 Å². The zero-order chi connectivity index (χ0) is 39.5. The number of anilines is 6. The van der Waals surface area contributed by atoms with E-state index in [0.29, 0.717) is 0 Å². The standard InChI is InChI=1S/C57H42N2/c1-57(2)52-30-16-15-25-46(52)47-37-36-44(38-53(47)57)58(41-20-5-3-6-21-41)43-34-32-40(33-35-43)55-48-26-11-13-28-50(48)56(51-29-14-12-27-49(51)55)59(42-22-7-4-8-23-42)54-31-17-19-39-18-9-10-24-45(39)54/h3-38H,1-2H3. The third-order valence-electron chi connectivity index (χ3n) is 12.4. The number of hydrogen-bond acceptors (Lipinski definition) is 2. The molecule has 0 radical (unpaired) electrons. The molecule has 0 spiro atoms. The summed E-state index contributed by atoms with van der Waals surface area (Å²) in [4.78, 5) is 4.86. The highest BCUT2D eigenvalue weighted by Crippen LogP contribution is 2.52. The van der Waals surface area contributed by atoms with E-state index in [0.717, 1.165) is 28.4 Å². The molecule has 0 bridgehead atoms. The summed E-state index contributed by atoms with van der Waals surface area (Å²) >= 11 is 0. The molecule has 0 aliphatic heterocycles. The molecule has 1 aliphatic carbocycles. The van der Waals surface area contributed by atoms with Gasteiger partial charge in [0.15, 0.2) is 0 Å². The van der Waals surface area contributed by atoms with Crippen LogP contribution in [0.1, 0.15) is 25.0 Å². The van der Waals surface area contributed by atoms with Gasteiger partial charge in [-0.3, -0.25) is 0 Å². The van der Waals surface area contributed by atoms with Gasteiger partial charge in [-0.1, -0.05) is 178 Å². The predicted molar refractivity (Wildman–Crippen MR) is 251 cm³/mol. The van der Waals surface area contributed by atoms with E-state index < -0.39 is 0 Å². The Bertz CT molecular complexity index is 3120. The van der Waals surface area contributed by atoms with Gasteiger partial charge in [-0.2, -0.15) is 0 Å². The summed E-state index contributed by atoms with van der Waals surface area (Å²) in [5.41, 5.74) is 14.6. The van der Waals surface area contributed by atoms with Gasteiger partial charge in [0.05, 0.1) is 11.4 Å². The van der Waals surface area contributed by atoms with Crippen molar-refractivity contribution in [1.29, 1.82) is 0 Å². The molecule has 280 valence electrons. The SMILES string of the molecule is CC1(C)c2ccccc2-c2ccc(N(c3ccccc3)c3ccc(-c4c5ccccc5c(N(c5ccccc5)c5cccc6ccccc56)c5ccccc45)cc3)cc21. The van der Waals surface area contributed by atoms with E-state index in [2.05, 4.69) is 242 Å². The first-order valence-corrected chi connectivity index (χ1v) is 20.5. The Morgan fingerprint density at radius 2 is 0.831 bits per heavy atom. The summed E-state index contributed by atoms with van der Waals surface area (Å²) in [5, 5.41) is 7.27. The summed E-state index contributed by atoms with van der Waals surface area (Å²) < 4.78 is 0. The van der Waals surface area contributed by atoms with Crippen molar-refractivity contribution in [3.63, 3.8) is 0 Å². The van der Waals surface area contributed by atoms with E-state index in [9.17, 15) is 0 Å². The van der Waals surface area contributed by atoms with Crippen LogP contribution in [0.2, 0.25) is 0 Å². The normalized spacial score (nSPS) is 12.7. The fourth-order valence-electron chi connectivity index (χ4n) is 9.66. The second kappa shape index (κ2) is 13.9. The third-order valence-corrected chi connectivity index (χ3v) is 12.4. The van der Waals surface area contributed by atoms with Gasteiger partial charge in [0.2, 0.25) is 0 Å². The molecular formula is C57H42N2. The maximum Gasteiger partial charge on any atom is 0.0619 e. The van der Waals surface area contributed by atoms with Crippen LogP contribution in [0.25, 0.3) is 54.6 Å². The second-order valence-electron chi connectivity index (χ2n) is 16.1. The minimum atomic E-state index is -0.0911. The first kappa shape index (κ1) is 34.8. The van der Waals surface area contributed by atoms with Crippen molar-refractivity contribution >= 4 is 66.4 Å². The monoisotopic (exact) mass is 754 g/mol. The minimum Gasteiger partial charge on any atom is -0.310 e. The molecule has 0 aromatic heterocycles. The maximum absolute atomic E-state index is 2.47. The number of benzene rings is 10. The summed E-state index contributed by atoms with van der Waals surface area (Å²) in [7, 11) is 0. The smallest absolute Gasteiger partial charge is 0.0619 e. The van der Waals surface area contributed by atoms with Gasteiger partial charge >= 0.3 is 0 Å². The van der Waals surface area contributed by atoms with Crippen LogP contribution < -0.4 is 9.80 Å². The first-order chi connectivity index (χ1) is 29.1. The first-order valence-electron chi connectivity index (χ1n) is 20.5. The molecule has 0 saturated heterocycles. The lowest BCUT2D eigenvalue weighted by molar-refractivity contribution is 0.660. The van der Waals surface area contributed by atoms with Crippen molar-refractivity contribution in [3.8, 4) is 22.3 Å². The lowest BCUT2D eigenvalue weighted by Gasteiger charge is -2.30. The zero-order valence-electron chi connectivity index (χ0n) is 33.2. The average molecular weight is 755 g/mol. The summed E-state index contributed by atoms with van der Waals surface area (Å²) in [6.45, 7) is 4.70. The summed E-state index contributed by atoms with van der Waals surface area (Å²) in [6, 6.07) is 79.8. The van der Waals surface area contributed by atoms with Gasteiger partial charge in [0.25, 0.3) is 0 Å². The quantitative estimate of drug-likeness (QED) is 0.150. The van der Waals surface area contributed by atoms with E-state index in [-0.39, 0.29) is 5.41 Å². The predicted octanol–water partition coefficient (Wildman–Crippen LogP) is 16.1. The number of hydrogen-bond donors (Lipinski definition) is 0. The van der Waals surface area contributed by atoms with Crippen LogP contribution in [0.3, 0.4) is 0 Å². The molecule has 1 aliphatic rings. The van der Waals surface area contributed by atoms with Crippen molar-refractivity contribution in [3.05, 3.63) is 230 Å². The number of nitrogens with zero attached hydrogens (tertiary/aromatic N) is 2. The highest BCUT2D eigenvalue weighted by molar-refractivity contribution is 6.23. The number of para-hydroxylation sites is 2. The molecule has 2 nitrogen and oxygen atoms in total. The molecule has 0 saturated carbocycles. The second-order valence-corrected chi connectivity index (χ2v) is 16.1. The van der Waals surface area contributed by atoms with Crippen LogP contribution >= 0.6 is 0 Å². The molecule has 0 fully saturated rings. The van der Waals surface area contributed by atoms with E-state index in [4.69, 9.17) is 0 Å². The molecular weight excluding hydrogens is 713 g/mol. The molecule has 59 heavy (non-hydrogen) atoms. The van der Waals surface area contributed by atoms with Crippen LogP contribution in [0, 0.1) is 0 Å². The van der Waals surface area contributed by atoms with Crippen molar-refractivity contribution in [2.45, 2.75) is 19.3 Å². The fourth-order valence-corrected chi connectivity index (χ4v) is 9.66. The van der Waals surface area contributed by atoms with Crippen LogP contribution in [-0.2, 0) is 5.41 Å². The molecule has 0 heterocycles. The average Bonchev–Trinajstić information content (AvgIpc) is 3.52.